The van der Waals surface area contributed by atoms with Crippen LogP contribution in [0.25, 0.3) is 45.5 Å². The zero-order valence-corrected chi connectivity index (χ0v) is 39.7. The molecule has 6 aromatic rings. The molecule has 0 fully saturated rings. The maximum atomic E-state index is 9.31. The molecule has 0 nitrogen and oxygen atoms in total. The van der Waals surface area contributed by atoms with Crippen LogP contribution in [0.3, 0.4) is 0 Å². The summed E-state index contributed by atoms with van der Waals surface area (Å²) < 4.78 is 1.22. The van der Waals surface area contributed by atoms with Crippen molar-refractivity contribution in [2.24, 2.45) is 0 Å². The Labute approximate surface area is 344 Å². The molecule has 281 valence electrons. The summed E-state index contributed by atoms with van der Waals surface area (Å²) in [4.78, 5) is 0. The molecule has 2 atom stereocenters. The Balaban J connectivity index is 1.37. The second-order valence-electron chi connectivity index (χ2n) is 16.3. The first-order valence-corrected chi connectivity index (χ1v) is 37.2. The molecule has 0 radical (unpaired) electrons. The van der Waals surface area contributed by atoms with Gasteiger partial charge in [0.1, 0.15) is 0 Å². The Morgan fingerprint density at radius 2 is 0.929 bits per heavy atom. The van der Waals surface area contributed by atoms with E-state index in [1.54, 1.807) is 0 Å². The topological polar surface area (TPSA) is 0 Å². The van der Waals surface area contributed by atoms with Crippen LogP contribution in [0.2, 0.25) is 0 Å². The third-order valence-corrected chi connectivity index (χ3v) is 44.9. The van der Waals surface area contributed by atoms with Crippen molar-refractivity contribution in [2.45, 2.75) is 73.6 Å². The van der Waals surface area contributed by atoms with Crippen molar-refractivity contribution in [3.63, 3.8) is 0 Å². The molecule has 0 N–H and O–H groups in total. The van der Waals surface area contributed by atoms with E-state index in [4.69, 9.17) is 0 Å². The summed E-state index contributed by atoms with van der Waals surface area (Å²) in [5, 5.41) is 2.99. The van der Waals surface area contributed by atoms with Gasteiger partial charge in [-0.2, -0.15) is 0 Å². The third-order valence-electron chi connectivity index (χ3n) is 13.2. The average Bonchev–Trinajstić information content (AvgIpc) is 3.93. The number of hydrogen-bond acceptors (Lipinski definition) is 0. The fraction of sp³-hybridized carbons (Fsp3) is 0.231. The number of allylic oxidation sites excluding steroid dienone is 2. The molecule has 6 aromatic carbocycles. The molecule has 0 aromatic heterocycles. The van der Waals surface area contributed by atoms with Crippen LogP contribution in [-0.4, -0.2) is 9.52 Å². The van der Waals surface area contributed by atoms with E-state index >= 15 is 0 Å². The normalized spacial score (nSPS) is 17.8. The Morgan fingerprint density at radius 3 is 1.45 bits per heavy atom. The number of halogens is 2. The maximum absolute atomic E-state index is 9.31. The van der Waals surface area contributed by atoms with E-state index in [1.165, 1.54) is 91.6 Å². The minimum absolute atomic E-state index is 0.0500. The number of benzene rings is 6. The SMILES string of the molecule is CCCC1=Cc2c(-c3ccccc3CC)cccc2[CH]1[Hf]([Cl])([Cl])([c]1cccc2c1[SiH2]c1ccccc1-2)[CH]1C(CCC)=Cc2c(-c3ccccc3CC)cccc21. The van der Waals surface area contributed by atoms with Crippen molar-refractivity contribution in [3.8, 4) is 33.4 Å². The summed E-state index contributed by atoms with van der Waals surface area (Å²) in [5.41, 5.74) is 18.9. The molecule has 0 spiro atoms. The van der Waals surface area contributed by atoms with Gasteiger partial charge in [-0.15, -0.1) is 0 Å². The van der Waals surface area contributed by atoms with Crippen molar-refractivity contribution in [3.05, 3.63) is 172 Å². The first kappa shape index (κ1) is 38.0. The Kier molecular flexibility index (Phi) is 10.2. The molecule has 56 heavy (non-hydrogen) atoms. The molecule has 3 aliphatic rings. The van der Waals surface area contributed by atoms with Crippen LogP contribution in [0.4, 0.5) is 0 Å². The van der Waals surface area contributed by atoms with Gasteiger partial charge in [-0.1, -0.05) is 0 Å². The van der Waals surface area contributed by atoms with E-state index in [1.807, 2.05) is 0 Å². The van der Waals surface area contributed by atoms with E-state index in [9.17, 15) is 17.2 Å². The Morgan fingerprint density at radius 1 is 0.482 bits per heavy atom. The van der Waals surface area contributed by atoms with Crippen LogP contribution in [0, 0.1) is 0 Å². The van der Waals surface area contributed by atoms with Crippen molar-refractivity contribution < 1.29 is 16.1 Å². The van der Waals surface area contributed by atoms with Gasteiger partial charge in [-0.3, -0.25) is 0 Å². The van der Waals surface area contributed by atoms with Crippen molar-refractivity contribution in [1.82, 2.24) is 0 Å². The van der Waals surface area contributed by atoms with Crippen LogP contribution in [0.15, 0.2) is 139 Å². The van der Waals surface area contributed by atoms with E-state index in [-0.39, 0.29) is 7.35 Å². The van der Waals surface area contributed by atoms with Crippen LogP contribution in [-0.2, 0) is 29.0 Å². The second-order valence-corrected chi connectivity index (χ2v) is 47.4. The van der Waals surface area contributed by atoms with Gasteiger partial charge >= 0.3 is 348 Å². The number of hydrogen-bond donors (Lipinski definition) is 0. The van der Waals surface area contributed by atoms with Crippen molar-refractivity contribution >= 4 is 52.5 Å². The van der Waals surface area contributed by atoms with Gasteiger partial charge in [0.2, 0.25) is 0 Å². The summed E-state index contributed by atoms with van der Waals surface area (Å²) in [6, 6.07) is 48.0. The molecule has 0 saturated carbocycles. The van der Waals surface area contributed by atoms with Gasteiger partial charge in [0, 0.05) is 0 Å². The first-order chi connectivity index (χ1) is 27.3. The molecule has 1 heterocycles. The van der Waals surface area contributed by atoms with Crippen LogP contribution in [0.1, 0.15) is 94.1 Å². The quantitative estimate of drug-likeness (QED) is 0.113. The van der Waals surface area contributed by atoms with E-state index in [0.717, 1.165) is 38.5 Å². The molecular formula is C52H51Cl2HfSi. The summed E-state index contributed by atoms with van der Waals surface area (Å²) in [5.74, 6) is 0. The van der Waals surface area contributed by atoms with Crippen molar-refractivity contribution in [1.29, 1.82) is 0 Å². The molecule has 1 aliphatic heterocycles. The van der Waals surface area contributed by atoms with Gasteiger partial charge in [-0.25, -0.2) is 0 Å². The number of aryl methyl sites for hydroxylation is 2. The monoisotopic (exact) mass is 953 g/mol. The molecule has 0 bridgehead atoms. The predicted octanol–water partition coefficient (Wildman–Crippen LogP) is 12.7. The first-order valence-electron chi connectivity index (χ1n) is 20.9. The Bertz CT molecular complexity index is 2450. The van der Waals surface area contributed by atoms with Crippen LogP contribution < -0.4 is 13.7 Å². The molecule has 9 rings (SSSR count). The number of rotatable bonds is 11. The molecule has 2 aliphatic carbocycles. The molecule has 0 amide bonds. The van der Waals surface area contributed by atoms with Crippen LogP contribution in [0.5, 0.6) is 0 Å². The molecule has 2 unspecified atom stereocenters. The molecule has 0 saturated heterocycles. The molecule has 4 heteroatoms. The zero-order valence-electron chi connectivity index (χ0n) is 33.1. The standard InChI is InChI=1S/2C20H21.C12H9Si.2ClH.Hf/c2*1-3-8-15-13-17-10-7-12-19(20(17)14-15)18-11-6-5-9-16(18)4-2;1-3-7-11-9(5-1)10-6-2-4-8-12(10)13-11;;;/h2*5-7,9-14H,3-4,8H2,1-2H3;1-7H,13H2;2*1H;/q;;;;;+2/p-2. The summed E-state index contributed by atoms with van der Waals surface area (Å²) >= 11 is -5.74. The van der Waals surface area contributed by atoms with Gasteiger partial charge in [-0.05, 0) is 0 Å². The van der Waals surface area contributed by atoms with Gasteiger partial charge in [0.25, 0.3) is 0 Å². The minimum atomic E-state index is -5.74. The molecular weight excluding hydrogens is 902 g/mol. The summed E-state index contributed by atoms with van der Waals surface area (Å²) in [6.07, 6.45) is 11.1. The van der Waals surface area contributed by atoms with Gasteiger partial charge in [0.15, 0.2) is 0 Å². The van der Waals surface area contributed by atoms with Gasteiger partial charge < -0.3 is 0 Å². The summed E-state index contributed by atoms with van der Waals surface area (Å²) in [6.45, 7) is 9.16. The van der Waals surface area contributed by atoms with Crippen LogP contribution >= 0.6 is 17.2 Å². The Hall–Kier alpha value is -3.53. The average molecular weight is 953 g/mol. The summed E-state index contributed by atoms with van der Waals surface area (Å²) in [7, 11) is 17.8. The van der Waals surface area contributed by atoms with E-state index < -0.39 is 25.7 Å². The second kappa shape index (κ2) is 15.0. The zero-order chi connectivity index (χ0) is 38.6. The van der Waals surface area contributed by atoms with E-state index in [0.29, 0.717) is 0 Å². The van der Waals surface area contributed by atoms with Crippen molar-refractivity contribution in [2.75, 3.05) is 0 Å². The fourth-order valence-corrected chi connectivity index (χ4v) is 50.0. The number of fused-ring (bicyclic) bond motifs is 5. The predicted molar refractivity (Wildman–Crippen MR) is 245 cm³/mol. The van der Waals surface area contributed by atoms with E-state index in [2.05, 4.69) is 167 Å². The fourth-order valence-electron chi connectivity index (χ4n) is 10.9. The third kappa shape index (κ3) is 5.84. The van der Waals surface area contributed by atoms with Gasteiger partial charge in [0.05, 0.1) is 0 Å².